The van der Waals surface area contributed by atoms with E-state index >= 15 is 0 Å². The molecule has 0 amide bonds. The molecular weight excluding hydrogens is 358 g/mol. The number of hydrogen-bond donors (Lipinski definition) is 0. The summed E-state index contributed by atoms with van der Waals surface area (Å²) in [6.45, 7) is 3.91. The number of esters is 1. The summed E-state index contributed by atoms with van der Waals surface area (Å²) in [5.41, 5.74) is 1.50. The topological polar surface area (TPSA) is 50.1 Å². The number of nitriles is 1. The van der Waals surface area contributed by atoms with E-state index in [0.717, 1.165) is 16.3 Å². The van der Waals surface area contributed by atoms with Crippen LogP contribution < -0.4 is 0 Å². The van der Waals surface area contributed by atoms with Crippen molar-refractivity contribution in [3.8, 4) is 6.07 Å². The fourth-order valence-corrected chi connectivity index (χ4v) is 3.32. The van der Waals surface area contributed by atoms with E-state index in [1.165, 1.54) is 0 Å². The van der Waals surface area contributed by atoms with Gasteiger partial charge in [0.2, 0.25) is 6.10 Å². The minimum Gasteiger partial charge on any atom is -0.441 e. The van der Waals surface area contributed by atoms with Gasteiger partial charge in [-0.05, 0) is 40.5 Å². The lowest BCUT2D eigenvalue weighted by Gasteiger charge is -2.22. The van der Waals surface area contributed by atoms with Crippen LogP contribution in [0.2, 0.25) is 5.02 Å². The summed E-state index contributed by atoms with van der Waals surface area (Å²) in [6, 6.07) is 22.8. The minimum atomic E-state index is -0.948. The molecule has 3 aromatic carbocycles. The van der Waals surface area contributed by atoms with E-state index in [1.807, 2.05) is 68.4 Å². The van der Waals surface area contributed by atoms with Crippen LogP contribution in [-0.4, -0.2) is 5.97 Å². The molecule has 4 heteroatoms. The first-order valence-electron chi connectivity index (χ1n) is 8.84. The quantitative estimate of drug-likeness (QED) is 0.509. The molecule has 27 heavy (non-hydrogen) atoms. The molecule has 0 saturated carbocycles. The van der Waals surface area contributed by atoms with Gasteiger partial charge in [0, 0.05) is 10.6 Å². The Hall–Kier alpha value is -2.83. The van der Waals surface area contributed by atoms with Gasteiger partial charge in [-0.25, -0.2) is 0 Å². The molecule has 0 heterocycles. The average molecular weight is 378 g/mol. The molecule has 0 unspecified atom stereocenters. The van der Waals surface area contributed by atoms with Crippen molar-refractivity contribution < 1.29 is 9.53 Å². The number of carbonyl (C=O) groups is 1. The molecule has 136 valence electrons. The molecule has 0 spiro atoms. The van der Waals surface area contributed by atoms with E-state index in [0.29, 0.717) is 10.6 Å². The second-order valence-electron chi connectivity index (χ2n) is 6.83. The van der Waals surface area contributed by atoms with Crippen molar-refractivity contribution in [2.24, 2.45) is 5.92 Å². The fourth-order valence-electron chi connectivity index (χ4n) is 3.19. The smallest absolute Gasteiger partial charge is 0.315 e. The Morgan fingerprint density at radius 1 is 0.963 bits per heavy atom. The van der Waals surface area contributed by atoms with Crippen LogP contribution in [0.5, 0.6) is 0 Å². The standard InChI is InChI=1S/C23H20ClNO2/c1-15(2)22(17-9-11-20(24)12-10-17)23(26)27-21(14-25)19-8-7-16-5-3-4-6-18(16)13-19/h3-13,15,21-22H,1-2H3/t21-,22-/m1/s1. The molecule has 0 fully saturated rings. The lowest BCUT2D eigenvalue weighted by Crippen LogP contribution is -2.22. The Kier molecular flexibility index (Phi) is 5.78. The summed E-state index contributed by atoms with van der Waals surface area (Å²) < 4.78 is 5.61. The number of benzene rings is 3. The van der Waals surface area contributed by atoms with Crippen molar-refractivity contribution in [1.82, 2.24) is 0 Å². The lowest BCUT2D eigenvalue weighted by molar-refractivity contribution is -0.150. The molecule has 0 aliphatic heterocycles. The van der Waals surface area contributed by atoms with Gasteiger partial charge < -0.3 is 4.74 Å². The van der Waals surface area contributed by atoms with E-state index < -0.39 is 18.0 Å². The first-order valence-corrected chi connectivity index (χ1v) is 9.21. The first-order chi connectivity index (χ1) is 13.0. The highest BCUT2D eigenvalue weighted by Gasteiger charge is 2.28. The maximum atomic E-state index is 12.9. The highest BCUT2D eigenvalue weighted by atomic mass is 35.5. The molecule has 0 aliphatic rings. The van der Waals surface area contributed by atoms with E-state index in [-0.39, 0.29) is 5.92 Å². The third-order valence-corrected chi connectivity index (χ3v) is 4.83. The van der Waals surface area contributed by atoms with Gasteiger partial charge in [-0.2, -0.15) is 5.26 Å². The number of ether oxygens (including phenoxy) is 1. The molecule has 3 aromatic rings. The molecule has 3 rings (SSSR count). The predicted octanol–water partition coefficient (Wildman–Crippen LogP) is 6.04. The molecule has 0 radical (unpaired) electrons. The van der Waals surface area contributed by atoms with Crippen LogP contribution in [0, 0.1) is 17.2 Å². The monoisotopic (exact) mass is 377 g/mol. The molecule has 0 aliphatic carbocycles. The lowest BCUT2D eigenvalue weighted by atomic mass is 9.88. The normalized spacial score (nSPS) is 13.1. The molecule has 2 atom stereocenters. The van der Waals surface area contributed by atoms with Gasteiger partial charge >= 0.3 is 5.97 Å². The van der Waals surface area contributed by atoms with Crippen molar-refractivity contribution in [2.45, 2.75) is 25.9 Å². The predicted molar refractivity (Wildman–Crippen MR) is 107 cm³/mol. The third kappa shape index (κ3) is 4.30. The summed E-state index contributed by atoms with van der Waals surface area (Å²) >= 11 is 5.95. The molecule has 0 aromatic heterocycles. The van der Waals surface area contributed by atoms with Gasteiger partial charge in [0.15, 0.2) is 0 Å². The largest absolute Gasteiger partial charge is 0.441 e. The van der Waals surface area contributed by atoms with Gasteiger partial charge in [0.1, 0.15) is 6.07 Å². The van der Waals surface area contributed by atoms with Crippen molar-refractivity contribution >= 4 is 28.3 Å². The van der Waals surface area contributed by atoms with Gasteiger partial charge in [0.25, 0.3) is 0 Å². The Labute approximate surface area is 164 Å². The van der Waals surface area contributed by atoms with Crippen molar-refractivity contribution in [2.75, 3.05) is 0 Å². The van der Waals surface area contributed by atoms with Gasteiger partial charge in [-0.3, -0.25) is 4.79 Å². The highest BCUT2D eigenvalue weighted by Crippen LogP contribution is 2.30. The highest BCUT2D eigenvalue weighted by molar-refractivity contribution is 6.30. The summed E-state index contributed by atoms with van der Waals surface area (Å²) in [4.78, 5) is 12.9. The number of nitrogens with zero attached hydrogens (tertiary/aromatic N) is 1. The van der Waals surface area contributed by atoms with Crippen LogP contribution in [0.15, 0.2) is 66.7 Å². The molecule has 0 saturated heterocycles. The summed E-state index contributed by atoms with van der Waals surface area (Å²) in [5.74, 6) is -0.847. The zero-order valence-electron chi connectivity index (χ0n) is 15.2. The Bertz CT molecular complexity index is 989. The maximum absolute atomic E-state index is 12.9. The molecule has 0 N–H and O–H groups in total. The van der Waals surface area contributed by atoms with Crippen molar-refractivity contribution in [1.29, 1.82) is 5.26 Å². The zero-order valence-corrected chi connectivity index (χ0v) is 16.0. The first kappa shape index (κ1) is 18.9. The van der Waals surface area contributed by atoms with Crippen LogP contribution in [0.25, 0.3) is 10.8 Å². The summed E-state index contributed by atoms with van der Waals surface area (Å²) in [5, 5.41) is 12.3. The van der Waals surface area contributed by atoms with Crippen LogP contribution in [0.1, 0.15) is 37.0 Å². The average Bonchev–Trinajstić information content (AvgIpc) is 2.67. The number of hydrogen-bond acceptors (Lipinski definition) is 3. The van der Waals surface area contributed by atoms with Crippen molar-refractivity contribution in [3.63, 3.8) is 0 Å². The number of halogens is 1. The Morgan fingerprint density at radius 2 is 1.59 bits per heavy atom. The van der Waals surface area contributed by atoms with E-state index in [4.69, 9.17) is 16.3 Å². The number of fused-ring (bicyclic) bond motifs is 1. The molecular formula is C23H20ClNO2. The van der Waals surface area contributed by atoms with Crippen LogP contribution in [0.4, 0.5) is 0 Å². The van der Waals surface area contributed by atoms with Crippen molar-refractivity contribution in [3.05, 3.63) is 82.9 Å². The molecule has 0 bridgehead atoms. The SMILES string of the molecule is CC(C)[C@@H](C(=O)O[C@H](C#N)c1ccc2ccccc2c1)c1ccc(Cl)cc1. The van der Waals surface area contributed by atoms with Gasteiger partial charge in [0.05, 0.1) is 5.92 Å². The van der Waals surface area contributed by atoms with Gasteiger partial charge in [-0.15, -0.1) is 0 Å². The van der Waals surface area contributed by atoms with E-state index in [1.54, 1.807) is 12.1 Å². The maximum Gasteiger partial charge on any atom is 0.315 e. The minimum absolute atomic E-state index is 0.0228. The Morgan fingerprint density at radius 3 is 2.22 bits per heavy atom. The fraction of sp³-hybridized carbons (Fsp3) is 0.217. The second kappa shape index (κ2) is 8.24. The number of carbonyl (C=O) groups excluding carboxylic acids is 1. The van der Waals surface area contributed by atoms with Crippen LogP contribution in [-0.2, 0) is 9.53 Å². The van der Waals surface area contributed by atoms with Crippen LogP contribution in [0.3, 0.4) is 0 Å². The molecule has 3 nitrogen and oxygen atoms in total. The van der Waals surface area contributed by atoms with Gasteiger partial charge in [-0.1, -0.05) is 74.0 Å². The van der Waals surface area contributed by atoms with E-state index in [2.05, 4.69) is 6.07 Å². The number of rotatable bonds is 5. The second-order valence-corrected chi connectivity index (χ2v) is 7.26. The van der Waals surface area contributed by atoms with E-state index in [9.17, 15) is 10.1 Å². The zero-order chi connectivity index (χ0) is 19.4. The Balaban J connectivity index is 1.86. The van der Waals surface area contributed by atoms with Crippen LogP contribution >= 0.6 is 11.6 Å². The third-order valence-electron chi connectivity index (χ3n) is 4.58. The summed E-state index contributed by atoms with van der Waals surface area (Å²) in [6.07, 6.45) is -0.948. The summed E-state index contributed by atoms with van der Waals surface area (Å²) in [7, 11) is 0.